The molecule has 0 radical (unpaired) electrons. The Morgan fingerprint density at radius 1 is 1.12 bits per heavy atom. The monoisotopic (exact) mass is 341 g/mol. The lowest BCUT2D eigenvalue weighted by Crippen LogP contribution is -2.30. The number of aliphatic imine (C=N–C) groups is 1. The molecule has 0 atom stereocenters. The van der Waals surface area contributed by atoms with E-state index in [0.29, 0.717) is 17.9 Å². The molecule has 0 spiro atoms. The van der Waals surface area contributed by atoms with Crippen molar-refractivity contribution in [1.82, 2.24) is 0 Å². The number of rotatable bonds is 4. The molecule has 2 N–H and O–H groups in total. The van der Waals surface area contributed by atoms with E-state index in [1.807, 2.05) is 24.3 Å². The van der Waals surface area contributed by atoms with Crippen LogP contribution in [-0.4, -0.2) is 26.6 Å². The molecule has 0 saturated heterocycles. The minimum atomic E-state index is -3.76. The first-order valence-electron chi connectivity index (χ1n) is 7.15. The summed E-state index contributed by atoms with van der Waals surface area (Å²) in [4.78, 5) is 18.6. The van der Waals surface area contributed by atoms with Crippen LogP contribution in [0.15, 0.2) is 71.1 Å². The number of sulfonamides is 1. The molecule has 7 heteroatoms. The normalized spacial score (nSPS) is 15.6. The summed E-state index contributed by atoms with van der Waals surface area (Å²) < 4.78 is 22.6. The maximum atomic E-state index is 12.6. The van der Waals surface area contributed by atoms with Crippen molar-refractivity contribution in [2.24, 2.45) is 10.1 Å². The quantitative estimate of drug-likeness (QED) is 0.862. The topological polar surface area (TPSA) is 92.8 Å². The molecule has 1 amide bonds. The van der Waals surface area contributed by atoms with Crippen molar-refractivity contribution in [3.8, 4) is 0 Å². The fraction of sp³-hybridized carbons (Fsp3) is 0.0588. The molecule has 3 rings (SSSR count). The molecule has 1 aliphatic heterocycles. The van der Waals surface area contributed by atoms with Crippen molar-refractivity contribution in [3.63, 3.8) is 0 Å². The van der Waals surface area contributed by atoms with Crippen LogP contribution in [-0.2, 0) is 14.8 Å². The largest absolute Gasteiger partial charge is 0.303 e. The minimum Gasteiger partial charge on any atom is -0.303 e. The molecular formula is C17H15N3O3S. The average molecular weight is 341 g/mol. The molecule has 0 unspecified atom stereocenters. The third-order valence-corrected chi connectivity index (χ3v) is 4.54. The Bertz CT molecular complexity index is 947. The Kier molecular flexibility index (Phi) is 4.04. The fourth-order valence-corrected chi connectivity index (χ4v) is 3.03. The van der Waals surface area contributed by atoms with Crippen LogP contribution in [0.25, 0.3) is 0 Å². The van der Waals surface area contributed by atoms with Gasteiger partial charge in [0.2, 0.25) is 10.0 Å². The maximum absolute atomic E-state index is 12.6. The Morgan fingerprint density at radius 3 is 2.42 bits per heavy atom. The van der Waals surface area contributed by atoms with Gasteiger partial charge in [-0.25, -0.2) is 18.5 Å². The molecule has 6 nitrogen and oxygen atoms in total. The number of para-hydroxylation sites is 1. The van der Waals surface area contributed by atoms with Gasteiger partial charge in [-0.3, -0.25) is 4.79 Å². The van der Waals surface area contributed by atoms with E-state index in [4.69, 9.17) is 5.14 Å². The molecule has 2 aromatic rings. The maximum Gasteiger partial charge on any atom is 0.277 e. The van der Waals surface area contributed by atoms with Gasteiger partial charge in [-0.05, 0) is 30.3 Å². The molecule has 0 bridgehead atoms. The van der Waals surface area contributed by atoms with Crippen LogP contribution in [0.4, 0.5) is 11.4 Å². The van der Waals surface area contributed by atoms with E-state index in [1.165, 1.54) is 24.3 Å². The molecular weight excluding hydrogens is 326 g/mol. The number of amides is 1. The second kappa shape index (κ2) is 6.03. The zero-order valence-electron chi connectivity index (χ0n) is 12.7. The summed E-state index contributed by atoms with van der Waals surface area (Å²) in [6.45, 7) is 4.06. The van der Waals surface area contributed by atoms with E-state index in [0.717, 1.165) is 11.3 Å². The molecule has 0 fully saturated rings. The van der Waals surface area contributed by atoms with E-state index < -0.39 is 10.0 Å². The highest BCUT2D eigenvalue weighted by atomic mass is 32.2. The first-order valence-corrected chi connectivity index (χ1v) is 8.70. The lowest BCUT2D eigenvalue weighted by atomic mass is 10.1. The summed E-state index contributed by atoms with van der Waals surface area (Å²) in [6.07, 6.45) is 1.65. The molecule has 1 heterocycles. The van der Waals surface area contributed by atoms with Crippen molar-refractivity contribution >= 4 is 33.0 Å². The van der Waals surface area contributed by atoms with Crippen LogP contribution in [0.5, 0.6) is 0 Å². The number of anilines is 1. The number of primary sulfonamides is 1. The van der Waals surface area contributed by atoms with Gasteiger partial charge in [0.15, 0.2) is 0 Å². The number of hydrogen-bond donors (Lipinski definition) is 1. The number of nitrogens with two attached hydrogens (primary N) is 1. The fourth-order valence-electron chi connectivity index (χ4n) is 2.52. The van der Waals surface area contributed by atoms with Gasteiger partial charge in [-0.2, -0.15) is 0 Å². The van der Waals surface area contributed by atoms with Crippen molar-refractivity contribution < 1.29 is 13.2 Å². The average Bonchev–Trinajstić information content (AvgIpc) is 2.81. The Labute approximate surface area is 140 Å². The smallest absolute Gasteiger partial charge is 0.277 e. The van der Waals surface area contributed by atoms with Crippen molar-refractivity contribution in [1.29, 1.82) is 0 Å². The van der Waals surface area contributed by atoms with Crippen LogP contribution in [0.2, 0.25) is 0 Å². The van der Waals surface area contributed by atoms with Crippen LogP contribution < -0.4 is 10.0 Å². The lowest BCUT2D eigenvalue weighted by molar-refractivity contribution is -0.112. The number of carbonyl (C=O) groups is 1. The van der Waals surface area contributed by atoms with Gasteiger partial charge < -0.3 is 4.90 Å². The van der Waals surface area contributed by atoms with Gasteiger partial charge >= 0.3 is 0 Å². The lowest BCUT2D eigenvalue weighted by Gasteiger charge is -2.13. The summed E-state index contributed by atoms with van der Waals surface area (Å²) in [5.74, 6) is -0.216. The molecule has 0 aromatic heterocycles. The standard InChI is InChI=1S/C17H15N3O3S/c1-2-11-20-15-6-4-3-5-14(15)16(17(20)21)19-12-7-9-13(10-8-12)24(18,22)23/h2-10H,1,11H2,(H2,18,22,23). The number of nitrogens with zero attached hydrogens (tertiary/aromatic N) is 2. The van der Waals surface area contributed by atoms with E-state index in [-0.39, 0.29) is 10.8 Å². The van der Waals surface area contributed by atoms with Crippen molar-refractivity contribution in [2.45, 2.75) is 4.90 Å². The number of fused-ring (bicyclic) bond motifs is 1. The van der Waals surface area contributed by atoms with Gasteiger partial charge in [0, 0.05) is 12.1 Å². The zero-order valence-corrected chi connectivity index (χ0v) is 13.5. The molecule has 1 aliphatic rings. The van der Waals surface area contributed by atoms with Gasteiger partial charge in [0.1, 0.15) is 5.71 Å². The highest BCUT2D eigenvalue weighted by Gasteiger charge is 2.32. The Balaban J connectivity index is 2.04. The number of benzene rings is 2. The Morgan fingerprint density at radius 2 is 1.79 bits per heavy atom. The summed E-state index contributed by atoms with van der Waals surface area (Å²) in [7, 11) is -3.76. The third kappa shape index (κ3) is 2.86. The highest BCUT2D eigenvalue weighted by Crippen LogP contribution is 2.30. The van der Waals surface area contributed by atoms with E-state index in [1.54, 1.807) is 11.0 Å². The minimum absolute atomic E-state index is 0.00196. The van der Waals surface area contributed by atoms with E-state index in [2.05, 4.69) is 11.6 Å². The molecule has 0 saturated carbocycles. The van der Waals surface area contributed by atoms with Gasteiger partial charge in [-0.15, -0.1) is 6.58 Å². The summed E-state index contributed by atoms with van der Waals surface area (Å²) >= 11 is 0. The molecule has 122 valence electrons. The van der Waals surface area contributed by atoms with Gasteiger partial charge in [0.25, 0.3) is 5.91 Å². The predicted molar refractivity (Wildman–Crippen MR) is 93.0 cm³/mol. The number of carbonyl (C=O) groups excluding carboxylic acids is 1. The SMILES string of the molecule is C=CCN1C(=O)C(=Nc2ccc(S(N)(=O)=O)cc2)c2ccccc21. The second-order valence-corrected chi connectivity index (χ2v) is 6.78. The van der Waals surface area contributed by atoms with Gasteiger partial charge in [-0.1, -0.05) is 24.3 Å². The first kappa shape index (κ1) is 16.1. The highest BCUT2D eigenvalue weighted by molar-refractivity contribution is 7.89. The Hall–Kier alpha value is -2.77. The van der Waals surface area contributed by atoms with E-state index in [9.17, 15) is 13.2 Å². The third-order valence-electron chi connectivity index (χ3n) is 3.62. The van der Waals surface area contributed by atoms with Crippen LogP contribution in [0, 0.1) is 0 Å². The summed E-state index contributed by atoms with van der Waals surface area (Å²) in [5, 5.41) is 5.07. The summed E-state index contributed by atoms with van der Waals surface area (Å²) in [6, 6.07) is 13.1. The molecule has 24 heavy (non-hydrogen) atoms. The van der Waals surface area contributed by atoms with Gasteiger partial charge in [0.05, 0.1) is 16.3 Å². The van der Waals surface area contributed by atoms with E-state index >= 15 is 0 Å². The number of hydrogen-bond acceptors (Lipinski definition) is 4. The first-order chi connectivity index (χ1) is 11.4. The second-order valence-electron chi connectivity index (χ2n) is 5.22. The van der Waals surface area contributed by atoms with Crippen molar-refractivity contribution in [2.75, 3.05) is 11.4 Å². The molecule has 0 aliphatic carbocycles. The predicted octanol–water partition coefficient (Wildman–Crippen LogP) is 1.99. The van der Waals surface area contributed by atoms with Crippen molar-refractivity contribution in [3.05, 3.63) is 66.7 Å². The summed E-state index contributed by atoms with van der Waals surface area (Å²) in [5.41, 5.74) is 2.30. The molecule has 2 aromatic carbocycles. The van der Waals surface area contributed by atoms with Crippen LogP contribution >= 0.6 is 0 Å². The van der Waals surface area contributed by atoms with Crippen LogP contribution in [0.1, 0.15) is 5.56 Å². The zero-order chi connectivity index (χ0) is 17.3. The van der Waals surface area contributed by atoms with Crippen LogP contribution in [0.3, 0.4) is 0 Å².